The molecule has 0 fully saturated rings. The van der Waals surface area contributed by atoms with E-state index in [1.54, 1.807) is 13.8 Å². The van der Waals surface area contributed by atoms with Crippen LogP contribution < -0.4 is 15.1 Å². The Bertz CT molecular complexity index is 857. The van der Waals surface area contributed by atoms with E-state index in [9.17, 15) is 17.8 Å². The van der Waals surface area contributed by atoms with Gasteiger partial charge in [0.2, 0.25) is 0 Å². The number of hydrogen-bond donors (Lipinski definition) is 1. The number of furan rings is 1. The Kier molecular flexibility index (Phi) is 6.76. The van der Waals surface area contributed by atoms with Crippen molar-refractivity contribution in [3.05, 3.63) is 23.5 Å². The normalized spacial score (nSPS) is 11.0. The topological polar surface area (TPSA) is 161 Å². The van der Waals surface area contributed by atoms with Crippen LogP contribution in [0.3, 0.4) is 0 Å². The van der Waals surface area contributed by atoms with Crippen LogP contribution in [0, 0.1) is 6.92 Å². The number of ether oxygens (including phenoxy) is 3. The van der Waals surface area contributed by atoms with E-state index in [4.69, 9.17) is 18.6 Å². The van der Waals surface area contributed by atoms with Gasteiger partial charge in [-0.3, -0.25) is 0 Å². The average Bonchev–Trinajstić information content (AvgIpc) is 2.78. The van der Waals surface area contributed by atoms with Crippen molar-refractivity contribution < 1.29 is 40.6 Å². The summed E-state index contributed by atoms with van der Waals surface area (Å²) >= 11 is 0. The first kappa shape index (κ1) is 20.7. The number of hydrogen-bond acceptors (Lipinski definition) is 9. The van der Waals surface area contributed by atoms with Crippen molar-refractivity contribution in [2.45, 2.75) is 13.8 Å². The molecule has 0 aliphatic heterocycles. The van der Waals surface area contributed by atoms with Crippen molar-refractivity contribution in [2.75, 3.05) is 20.5 Å². The number of quaternary nitrogens is 1. The van der Waals surface area contributed by atoms with Crippen LogP contribution in [0.25, 0.3) is 11.0 Å². The van der Waals surface area contributed by atoms with Crippen LogP contribution >= 0.6 is 0 Å². The van der Waals surface area contributed by atoms with E-state index in [-0.39, 0.29) is 53.3 Å². The minimum atomic E-state index is -5.05. The first-order valence-corrected chi connectivity index (χ1v) is 8.11. The molecule has 1 aromatic carbocycles. The van der Waals surface area contributed by atoms with Gasteiger partial charge < -0.3 is 33.5 Å². The first-order chi connectivity index (χ1) is 11.3. The van der Waals surface area contributed by atoms with Crippen LogP contribution in [0.5, 0.6) is 11.5 Å². The lowest BCUT2D eigenvalue weighted by Gasteiger charge is -2.13. The van der Waals surface area contributed by atoms with Gasteiger partial charge in [0.05, 0.1) is 6.61 Å². The third kappa shape index (κ3) is 4.82. The summed E-state index contributed by atoms with van der Waals surface area (Å²) in [7, 11) is -3.69. The van der Waals surface area contributed by atoms with Gasteiger partial charge in [-0.2, -0.15) is 0 Å². The quantitative estimate of drug-likeness (QED) is 0.329. The first-order valence-electron chi connectivity index (χ1n) is 6.78. The molecule has 11 heteroatoms. The van der Waals surface area contributed by atoms with E-state index in [0.717, 1.165) is 0 Å². The lowest BCUT2D eigenvalue weighted by Crippen LogP contribution is -2.10. The minimum absolute atomic E-state index is 0. The van der Waals surface area contributed by atoms with Gasteiger partial charge in [0.15, 0.2) is 18.3 Å². The maximum Gasteiger partial charge on any atom is 0.342 e. The predicted octanol–water partition coefficient (Wildman–Crippen LogP) is 2.12. The Hall–Kier alpha value is -2.34. The maximum atomic E-state index is 12.0. The molecule has 0 unspecified atom stereocenters. The van der Waals surface area contributed by atoms with E-state index in [0.29, 0.717) is 0 Å². The van der Waals surface area contributed by atoms with Crippen molar-refractivity contribution in [3.63, 3.8) is 0 Å². The van der Waals surface area contributed by atoms with Crippen LogP contribution in [0.1, 0.15) is 23.0 Å². The molecule has 10 nitrogen and oxygen atoms in total. The van der Waals surface area contributed by atoms with Gasteiger partial charge in [-0.15, -0.1) is 0 Å². The summed E-state index contributed by atoms with van der Waals surface area (Å²) in [5.74, 6) is -0.854. The van der Waals surface area contributed by atoms with Gasteiger partial charge in [0, 0.05) is 18.6 Å². The number of carbonyl (C=O) groups is 1. The van der Waals surface area contributed by atoms with E-state index >= 15 is 0 Å². The zero-order valence-electron chi connectivity index (χ0n) is 14.2. The summed E-state index contributed by atoms with van der Waals surface area (Å²) in [4.78, 5) is 12.0. The average molecular weight is 377 g/mol. The number of fused-ring (bicyclic) bond motifs is 1. The number of aryl methyl sites for hydroxylation is 1. The van der Waals surface area contributed by atoms with Gasteiger partial charge in [0.25, 0.3) is 10.4 Å². The summed E-state index contributed by atoms with van der Waals surface area (Å²) in [5, 5.41) is 0.231. The summed E-state index contributed by atoms with van der Waals surface area (Å²) < 4.78 is 57.4. The van der Waals surface area contributed by atoms with Crippen LogP contribution in [0.2, 0.25) is 0 Å². The van der Waals surface area contributed by atoms with E-state index in [1.165, 1.54) is 19.2 Å². The number of methoxy groups -OCH3 is 1. The van der Waals surface area contributed by atoms with Crippen molar-refractivity contribution in [1.82, 2.24) is 6.15 Å². The van der Waals surface area contributed by atoms with Gasteiger partial charge in [-0.1, -0.05) is 0 Å². The lowest BCUT2D eigenvalue weighted by molar-refractivity contribution is 0.0498. The van der Waals surface area contributed by atoms with Gasteiger partial charge >= 0.3 is 5.97 Å². The molecule has 25 heavy (non-hydrogen) atoms. The molecule has 0 spiro atoms. The second-order valence-electron chi connectivity index (χ2n) is 4.59. The summed E-state index contributed by atoms with van der Waals surface area (Å²) in [5.41, 5.74) is 0.343. The molecule has 0 radical (unpaired) electrons. The highest BCUT2D eigenvalue weighted by molar-refractivity contribution is 7.81. The molecular weight excluding hydrogens is 358 g/mol. The molecule has 0 aliphatic carbocycles. The number of benzene rings is 1. The fraction of sp³-hybridized carbons (Fsp3) is 0.357. The fourth-order valence-electron chi connectivity index (χ4n) is 2.09. The lowest BCUT2D eigenvalue weighted by atomic mass is 10.1. The van der Waals surface area contributed by atoms with Crippen LogP contribution in [-0.4, -0.2) is 39.4 Å². The zero-order valence-corrected chi connectivity index (χ0v) is 15.0. The monoisotopic (exact) mass is 377 g/mol. The zero-order chi connectivity index (χ0) is 17.9. The number of rotatable bonds is 7. The van der Waals surface area contributed by atoms with Crippen molar-refractivity contribution in [1.29, 1.82) is 0 Å². The highest BCUT2D eigenvalue weighted by Gasteiger charge is 2.22. The second kappa shape index (κ2) is 8.16. The van der Waals surface area contributed by atoms with Gasteiger partial charge in [-0.05, 0) is 19.9 Å². The Balaban J connectivity index is 0.00000312. The molecular formula is C14H19NO9S. The molecule has 0 aliphatic rings. The summed E-state index contributed by atoms with van der Waals surface area (Å²) in [6, 6.07) is 2.46. The number of esters is 1. The molecule has 0 bridgehead atoms. The molecule has 0 atom stereocenters. The molecule has 2 rings (SSSR count). The highest BCUT2D eigenvalue weighted by atomic mass is 32.3. The maximum absolute atomic E-state index is 12.0. The second-order valence-corrected chi connectivity index (χ2v) is 5.57. The predicted molar refractivity (Wildman–Crippen MR) is 85.7 cm³/mol. The standard InChI is InChI=1S/C14H16O9S.H3N/c1-4-20-14(15)13-8(2)22-10-6-11(21-7-19-3)12(5-9(10)13)23-24(16,17)18;/h5-6H,4,7H2,1-3H3,(H,16,17,18);1H3. The fourth-order valence-corrected chi connectivity index (χ4v) is 2.44. The number of carbonyl (C=O) groups excluding carboxylic acids is 1. The Morgan fingerprint density at radius 1 is 1.28 bits per heavy atom. The van der Waals surface area contributed by atoms with Crippen LogP contribution in [-0.2, 0) is 19.9 Å². The molecule has 2 aromatic rings. The van der Waals surface area contributed by atoms with Crippen molar-refractivity contribution >= 4 is 27.3 Å². The summed E-state index contributed by atoms with van der Waals surface area (Å²) in [6.45, 7) is 3.13. The van der Waals surface area contributed by atoms with E-state index < -0.39 is 16.4 Å². The van der Waals surface area contributed by atoms with Gasteiger partial charge in [-0.25, -0.2) is 13.2 Å². The summed E-state index contributed by atoms with van der Waals surface area (Å²) in [6.07, 6.45) is 0. The largest absolute Gasteiger partial charge is 0.716 e. The molecule has 0 saturated carbocycles. The van der Waals surface area contributed by atoms with Crippen LogP contribution in [0.15, 0.2) is 16.5 Å². The molecule has 140 valence electrons. The van der Waals surface area contributed by atoms with Gasteiger partial charge in [0.1, 0.15) is 16.9 Å². The molecule has 4 N–H and O–H groups in total. The third-order valence-electron chi connectivity index (χ3n) is 2.93. The SMILES string of the molecule is CCOC(=O)c1c(C)oc2cc(OCOC)c(OS(=O)(=O)[O-])cc12.[NH4+]. The van der Waals surface area contributed by atoms with Crippen LogP contribution in [0.4, 0.5) is 0 Å². The van der Waals surface area contributed by atoms with Crippen molar-refractivity contribution in [3.8, 4) is 11.5 Å². The third-order valence-corrected chi connectivity index (χ3v) is 3.32. The van der Waals surface area contributed by atoms with E-state index in [1.807, 2.05) is 0 Å². The van der Waals surface area contributed by atoms with E-state index in [2.05, 4.69) is 4.18 Å². The Labute approximate surface area is 144 Å². The molecule has 1 heterocycles. The molecule has 1 aromatic heterocycles. The minimum Gasteiger partial charge on any atom is -0.716 e. The Morgan fingerprint density at radius 3 is 2.52 bits per heavy atom. The van der Waals surface area contributed by atoms with Crippen molar-refractivity contribution in [2.24, 2.45) is 0 Å². The highest BCUT2D eigenvalue weighted by Crippen LogP contribution is 2.37. The molecule has 0 amide bonds. The smallest absolute Gasteiger partial charge is 0.342 e. The molecule has 0 saturated heterocycles. The Morgan fingerprint density at radius 2 is 1.96 bits per heavy atom.